The molecule has 2 unspecified atom stereocenters. The van der Waals surface area contributed by atoms with Gasteiger partial charge in [0.2, 0.25) is 5.91 Å². The molecule has 0 bridgehead atoms. The highest BCUT2D eigenvalue weighted by Gasteiger charge is 2.36. The molecule has 4 heteroatoms. The highest BCUT2D eigenvalue weighted by atomic mass is 32.1. The van der Waals surface area contributed by atoms with Gasteiger partial charge in [-0.1, -0.05) is 0 Å². The lowest BCUT2D eigenvalue weighted by atomic mass is 10.0. The third kappa shape index (κ3) is 2.06. The summed E-state index contributed by atoms with van der Waals surface area (Å²) in [7, 11) is 0. The third-order valence-electron chi connectivity index (χ3n) is 2.82. The zero-order valence-electron chi connectivity index (χ0n) is 9.06. The highest BCUT2D eigenvalue weighted by molar-refractivity contribution is 7.11. The first-order valence-electron chi connectivity index (χ1n) is 5.19. The molecule has 82 valence electrons. The Morgan fingerprint density at radius 2 is 2.40 bits per heavy atom. The number of carbonyl (C=O) groups excluding carboxylic acids is 1. The van der Waals surface area contributed by atoms with Gasteiger partial charge in [-0.25, -0.2) is 0 Å². The first-order chi connectivity index (χ1) is 7.08. The van der Waals surface area contributed by atoms with Crippen LogP contribution in [0, 0.1) is 6.92 Å². The lowest BCUT2D eigenvalue weighted by Crippen LogP contribution is -2.63. The number of amides is 1. The lowest BCUT2D eigenvalue weighted by Gasteiger charge is -2.40. The number of rotatable bonds is 3. The minimum absolute atomic E-state index is 0.0933. The van der Waals surface area contributed by atoms with Gasteiger partial charge in [-0.3, -0.25) is 4.79 Å². The Balaban J connectivity index is 1.93. The van der Waals surface area contributed by atoms with E-state index in [4.69, 9.17) is 5.73 Å². The van der Waals surface area contributed by atoms with Crippen molar-refractivity contribution in [2.75, 3.05) is 6.54 Å². The predicted molar refractivity (Wildman–Crippen MR) is 61.9 cm³/mol. The zero-order chi connectivity index (χ0) is 11.0. The average Bonchev–Trinajstić information content (AvgIpc) is 2.59. The third-order valence-corrected chi connectivity index (χ3v) is 3.84. The smallest absolute Gasteiger partial charge is 0.241 e. The van der Waals surface area contributed by atoms with Gasteiger partial charge in [-0.2, -0.15) is 0 Å². The summed E-state index contributed by atoms with van der Waals surface area (Å²) in [5, 5.41) is 0. The molecular weight excluding hydrogens is 208 g/mol. The standard InChI is InChI=1S/C11H16N2OS/c1-7(13-6-10(12)11(13)14)5-9-4-3-8(2)15-9/h3-4,7,10H,5-6,12H2,1-2H3. The molecule has 2 heterocycles. The fourth-order valence-corrected chi connectivity index (χ4v) is 2.88. The summed E-state index contributed by atoms with van der Waals surface area (Å²) in [5.74, 6) is 0.0933. The molecule has 0 saturated carbocycles. The summed E-state index contributed by atoms with van der Waals surface area (Å²) in [4.78, 5) is 15.9. The predicted octanol–water partition coefficient (Wildman–Crippen LogP) is 1.16. The van der Waals surface area contributed by atoms with E-state index in [-0.39, 0.29) is 18.0 Å². The van der Waals surface area contributed by atoms with Gasteiger partial charge in [0.25, 0.3) is 0 Å². The quantitative estimate of drug-likeness (QED) is 0.783. The maximum absolute atomic E-state index is 11.4. The number of aryl methyl sites for hydroxylation is 1. The van der Waals surface area contributed by atoms with Crippen LogP contribution < -0.4 is 5.73 Å². The lowest BCUT2D eigenvalue weighted by molar-refractivity contribution is -0.145. The maximum atomic E-state index is 11.4. The van der Waals surface area contributed by atoms with Gasteiger partial charge in [0.1, 0.15) is 6.04 Å². The van der Waals surface area contributed by atoms with Crippen molar-refractivity contribution in [3.8, 4) is 0 Å². The fourth-order valence-electron chi connectivity index (χ4n) is 1.87. The van der Waals surface area contributed by atoms with Crippen LogP contribution in [0.15, 0.2) is 12.1 Å². The molecule has 1 aliphatic heterocycles. The summed E-state index contributed by atoms with van der Waals surface area (Å²) in [5.41, 5.74) is 5.56. The van der Waals surface area contributed by atoms with Gasteiger partial charge < -0.3 is 10.6 Å². The summed E-state index contributed by atoms with van der Waals surface area (Å²) < 4.78 is 0. The van der Waals surface area contributed by atoms with E-state index in [1.165, 1.54) is 9.75 Å². The molecule has 0 spiro atoms. The van der Waals surface area contributed by atoms with Crippen molar-refractivity contribution in [1.82, 2.24) is 4.90 Å². The van der Waals surface area contributed by atoms with Crippen molar-refractivity contribution in [3.63, 3.8) is 0 Å². The SMILES string of the molecule is Cc1ccc(CC(C)N2CC(N)C2=O)s1. The summed E-state index contributed by atoms with van der Waals surface area (Å²) in [6.07, 6.45) is 0.941. The van der Waals surface area contributed by atoms with Gasteiger partial charge >= 0.3 is 0 Å². The number of likely N-dealkylation sites (tertiary alicyclic amines) is 1. The Kier molecular flexibility index (Phi) is 2.80. The number of carbonyl (C=O) groups is 1. The van der Waals surface area contributed by atoms with Crippen LogP contribution in [0.3, 0.4) is 0 Å². The molecular formula is C11H16N2OS. The largest absolute Gasteiger partial charge is 0.336 e. The van der Waals surface area contributed by atoms with E-state index in [1.54, 1.807) is 11.3 Å². The first kappa shape index (κ1) is 10.6. The second kappa shape index (κ2) is 3.94. The molecule has 1 fully saturated rings. The normalized spacial score (nSPS) is 22.7. The highest BCUT2D eigenvalue weighted by Crippen LogP contribution is 2.21. The van der Waals surface area contributed by atoms with Gasteiger partial charge in [0.05, 0.1) is 0 Å². The number of hydrogen-bond donors (Lipinski definition) is 1. The Morgan fingerprint density at radius 3 is 2.87 bits per heavy atom. The minimum Gasteiger partial charge on any atom is -0.336 e. The number of nitrogens with two attached hydrogens (primary N) is 1. The van der Waals surface area contributed by atoms with Crippen LogP contribution in [0.1, 0.15) is 16.7 Å². The molecule has 2 atom stereocenters. The molecule has 0 radical (unpaired) electrons. The Bertz CT molecular complexity index is 374. The van der Waals surface area contributed by atoms with Crippen molar-refractivity contribution in [1.29, 1.82) is 0 Å². The zero-order valence-corrected chi connectivity index (χ0v) is 9.88. The molecule has 0 aromatic carbocycles. The molecule has 2 N–H and O–H groups in total. The molecule has 15 heavy (non-hydrogen) atoms. The molecule has 1 amide bonds. The van der Waals surface area contributed by atoms with Crippen LogP contribution >= 0.6 is 11.3 Å². The number of nitrogens with zero attached hydrogens (tertiary/aromatic N) is 1. The van der Waals surface area contributed by atoms with E-state index in [1.807, 2.05) is 4.90 Å². The Morgan fingerprint density at radius 1 is 1.67 bits per heavy atom. The van der Waals surface area contributed by atoms with Crippen molar-refractivity contribution < 1.29 is 4.79 Å². The van der Waals surface area contributed by atoms with Gasteiger partial charge in [-0.05, 0) is 26.0 Å². The van der Waals surface area contributed by atoms with Gasteiger partial charge in [0.15, 0.2) is 0 Å². The van der Waals surface area contributed by atoms with Crippen LogP contribution in [0.25, 0.3) is 0 Å². The summed E-state index contributed by atoms with van der Waals surface area (Å²) >= 11 is 1.80. The molecule has 3 nitrogen and oxygen atoms in total. The van der Waals surface area contributed by atoms with Crippen LogP contribution in [0.2, 0.25) is 0 Å². The van der Waals surface area contributed by atoms with E-state index in [0.717, 1.165) is 6.42 Å². The number of β-lactam (4-membered cyclic amide) rings is 1. The van der Waals surface area contributed by atoms with Gasteiger partial charge in [0, 0.05) is 28.8 Å². The second-order valence-corrected chi connectivity index (χ2v) is 5.54. The van der Waals surface area contributed by atoms with E-state index < -0.39 is 0 Å². The van der Waals surface area contributed by atoms with Crippen LogP contribution in [0.5, 0.6) is 0 Å². The molecule has 1 aliphatic rings. The second-order valence-electron chi connectivity index (χ2n) is 4.16. The Hall–Kier alpha value is -0.870. The molecule has 0 aliphatic carbocycles. The van der Waals surface area contributed by atoms with E-state index in [0.29, 0.717) is 6.54 Å². The Labute approximate surface area is 93.9 Å². The van der Waals surface area contributed by atoms with Crippen LogP contribution in [0.4, 0.5) is 0 Å². The number of thiophene rings is 1. The van der Waals surface area contributed by atoms with Gasteiger partial charge in [-0.15, -0.1) is 11.3 Å². The van der Waals surface area contributed by atoms with E-state index in [9.17, 15) is 4.79 Å². The fraction of sp³-hybridized carbons (Fsp3) is 0.545. The van der Waals surface area contributed by atoms with Crippen LogP contribution in [-0.2, 0) is 11.2 Å². The van der Waals surface area contributed by atoms with Crippen molar-refractivity contribution >= 4 is 17.2 Å². The minimum atomic E-state index is -0.252. The molecule has 1 aromatic rings. The number of hydrogen-bond acceptors (Lipinski definition) is 3. The van der Waals surface area contributed by atoms with Crippen LogP contribution in [-0.4, -0.2) is 29.4 Å². The average molecular weight is 224 g/mol. The maximum Gasteiger partial charge on any atom is 0.241 e. The van der Waals surface area contributed by atoms with Crippen molar-refractivity contribution in [2.45, 2.75) is 32.4 Å². The summed E-state index contributed by atoms with van der Waals surface area (Å²) in [6, 6.07) is 4.28. The monoisotopic (exact) mass is 224 g/mol. The summed E-state index contributed by atoms with van der Waals surface area (Å²) in [6.45, 7) is 4.90. The molecule has 1 saturated heterocycles. The van der Waals surface area contributed by atoms with E-state index >= 15 is 0 Å². The van der Waals surface area contributed by atoms with Crippen molar-refractivity contribution in [3.05, 3.63) is 21.9 Å². The molecule has 1 aromatic heterocycles. The van der Waals surface area contributed by atoms with E-state index in [2.05, 4.69) is 26.0 Å². The topological polar surface area (TPSA) is 46.3 Å². The first-order valence-corrected chi connectivity index (χ1v) is 6.01. The van der Waals surface area contributed by atoms with Crippen molar-refractivity contribution in [2.24, 2.45) is 5.73 Å². The molecule has 2 rings (SSSR count).